The van der Waals surface area contributed by atoms with Gasteiger partial charge in [-0.1, -0.05) is 85.5 Å². The Morgan fingerprint density at radius 3 is 2.53 bits per heavy atom. The topological polar surface area (TPSA) is 38.1 Å². The van der Waals surface area contributed by atoms with E-state index >= 15 is 0 Å². The van der Waals surface area contributed by atoms with Crippen LogP contribution in [0.5, 0.6) is 0 Å². The maximum absolute atomic E-state index is 12.9. The fourth-order valence-corrected chi connectivity index (χ4v) is 5.12. The largest absolute Gasteiger partial charge is 0.293 e. The van der Waals surface area contributed by atoms with E-state index in [2.05, 4.69) is 30.3 Å². The SMILES string of the molecule is CCCN1C(=O)/C(=C/c2cn(-c3ccccc3)nc2-c2ccc3ccccc3c2)SC1=S. The lowest BCUT2D eigenvalue weighted by Crippen LogP contribution is -2.28. The number of thioether (sulfide) groups is 1. The Kier molecular flexibility index (Phi) is 5.64. The van der Waals surface area contributed by atoms with Gasteiger partial charge in [-0.25, -0.2) is 4.68 Å². The van der Waals surface area contributed by atoms with Crippen molar-refractivity contribution in [3.05, 3.63) is 89.5 Å². The van der Waals surface area contributed by atoms with Gasteiger partial charge in [0.25, 0.3) is 5.91 Å². The molecule has 0 radical (unpaired) electrons. The van der Waals surface area contributed by atoms with Crippen molar-refractivity contribution >= 4 is 51.1 Å². The van der Waals surface area contributed by atoms with E-state index in [0.29, 0.717) is 15.8 Å². The predicted octanol–water partition coefficient (Wildman–Crippen LogP) is 6.30. The van der Waals surface area contributed by atoms with Crippen LogP contribution < -0.4 is 0 Å². The lowest BCUT2D eigenvalue weighted by molar-refractivity contribution is -0.122. The normalized spacial score (nSPS) is 15.3. The molecule has 0 aliphatic carbocycles. The minimum Gasteiger partial charge on any atom is -0.293 e. The highest BCUT2D eigenvalue weighted by Gasteiger charge is 2.31. The number of fused-ring (bicyclic) bond motifs is 1. The number of thiocarbonyl (C=S) groups is 1. The molecular weight excluding hydrogens is 434 g/mol. The summed E-state index contributed by atoms with van der Waals surface area (Å²) in [6, 6.07) is 24.6. The number of para-hydroxylation sites is 1. The van der Waals surface area contributed by atoms with Crippen molar-refractivity contribution in [2.75, 3.05) is 6.54 Å². The highest BCUT2D eigenvalue weighted by atomic mass is 32.2. The van der Waals surface area contributed by atoms with E-state index in [4.69, 9.17) is 17.3 Å². The van der Waals surface area contributed by atoms with Crippen LogP contribution in [0.4, 0.5) is 0 Å². The number of carbonyl (C=O) groups is 1. The van der Waals surface area contributed by atoms with E-state index in [0.717, 1.165) is 34.3 Å². The molecule has 158 valence electrons. The van der Waals surface area contributed by atoms with Gasteiger partial charge in [-0.15, -0.1) is 0 Å². The van der Waals surface area contributed by atoms with Crippen LogP contribution in [0.15, 0.2) is 83.9 Å². The molecule has 0 atom stereocenters. The predicted molar refractivity (Wildman–Crippen MR) is 137 cm³/mol. The Balaban J connectivity index is 1.63. The minimum absolute atomic E-state index is 0.0289. The third-order valence-corrected chi connectivity index (χ3v) is 6.77. The van der Waals surface area contributed by atoms with Crippen LogP contribution in [0.3, 0.4) is 0 Å². The van der Waals surface area contributed by atoms with Crippen molar-refractivity contribution in [2.45, 2.75) is 13.3 Å². The Morgan fingerprint density at radius 1 is 1.00 bits per heavy atom. The summed E-state index contributed by atoms with van der Waals surface area (Å²) in [5, 5.41) is 7.24. The second kappa shape index (κ2) is 8.73. The molecule has 0 N–H and O–H groups in total. The van der Waals surface area contributed by atoms with Gasteiger partial charge in [-0.3, -0.25) is 9.69 Å². The molecule has 1 aliphatic rings. The average Bonchev–Trinajstić information content (AvgIpc) is 3.36. The van der Waals surface area contributed by atoms with Crippen molar-refractivity contribution in [3.63, 3.8) is 0 Å². The van der Waals surface area contributed by atoms with E-state index in [-0.39, 0.29) is 5.91 Å². The van der Waals surface area contributed by atoms with Gasteiger partial charge in [-0.05, 0) is 41.5 Å². The Hall–Kier alpha value is -3.22. The molecule has 6 heteroatoms. The molecule has 1 aromatic heterocycles. The van der Waals surface area contributed by atoms with Crippen molar-refractivity contribution in [2.24, 2.45) is 0 Å². The smallest absolute Gasteiger partial charge is 0.266 e. The number of hydrogen-bond donors (Lipinski definition) is 0. The zero-order chi connectivity index (χ0) is 22.1. The van der Waals surface area contributed by atoms with Crippen molar-refractivity contribution < 1.29 is 4.79 Å². The summed E-state index contributed by atoms with van der Waals surface area (Å²) in [6.45, 7) is 2.69. The molecule has 32 heavy (non-hydrogen) atoms. The Labute approximate surface area is 196 Å². The first-order valence-corrected chi connectivity index (χ1v) is 11.8. The van der Waals surface area contributed by atoms with E-state index in [9.17, 15) is 4.79 Å². The molecule has 4 nitrogen and oxygen atoms in total. The van der Waals surface area contributed by atoms with Crippen molar-refractivity contribution in [3.8, 4) is 16.9 Å². The quantitative estimate of drug-likeness (QED) is 0.261. The van der Waals surface area contributed by atoms with Crippen LogP contribution >= 0.6 is 24.0 Å². The zero-order valence-electron chi connectivity index (χ0n) is 17.6. The molecule has 4 aromatic rings. The summed E-state index contributed by atoms with van der Waals surface area (Å²) < 4.78 is 2.48. The maximum atomic E-state index is 12.9. The van der Waals surface area contributed by atoms with Gasteiger partial charge in [0.2, 0.25) is 0 Å². The number of nitrogens with zero attached hydrogens (tertiary/aromatic N) is 3. The number of rotatable bonds is 5. The number of aromatic nitrogens is 2. The maximum Gasteiger partial charge on any atom is 0.266 e. The minimum atomic E-state index is -0.0289. The lowest BCUT2D eigenvalue weighted by Gasteiger charge is -2.11. The van der Waals surface area contributed by atoms with E-state index in [1.807, 2.05) is 66.3 Å². The molecule has 0 spiro atoms. The summed E-state index contributed by atoms with van der Waals surface area (Å²) in [6.07, 6.45) is 4.77. The molecule has 5 rings (SSSR count). The van der Waals surface area contributed by atoms with Crippen LogP contribution in [0.1, 0.15) is 18.9 Å². The summed E-state index contributed by atoms with van der Waals surface area (Å²) in [5.41, 5.74) is 3.70. The van der Waals surface area contributed by atoms with Crippen molar-refractivity contribution in [1.82, 2.24) is 14.7 Å². The first kappa shape index (κ1) is 20.7. The molecule has 3 aromatic carbocycles. The second-order valence-electron chi connectivity index (χ2n) is 7.61. The fourth-order valence-electron chi connectivity index (χ4n) is 3.82. The zero-order valence-corrected chi connectivity index (χ0v) is 19.2. The van der Waals surface area contributed by atoms with Gasteiger partial charge >= 0.3 is 0 Å². The van der Waals surface area contributed by atoms with Gasteiger partial charge in [0.1, 0.15) is 10.0 Å². The van der Waals surface area contributed by atoms with Gasteiger partial charge in [0.05, 0.1) is 10.6 Å². The van der Waals surface area contributed by atoms with Gasteiger partial charge in [0, 0.05) is 23.9 Å². The molecule has 1 amide bonds. The number of hydrogen-bond acceptors (Lipinski definition) is 4. The van der Waals surface area contributed by atoms with Crippen LogP contribution in [0.25, 0.3) is 33.8 Å². The van der Waals surface area contributed by atoms with Gasteiger partial charge in [-0.2, -0.15) is 5.10 Å². The lowest BCUT2D eigenvalue weighted by atomic mass is 10.0. The molecule has 1 saturated heterocycles. The Bertz CT molecular complexity index is 1360. The summed E-state index contributed by atoms with van der Waals surface area (Å²) in [4.78, 5) is 15.3. The summed E-state index contributed by atoms with van der Waals surface area (Å²) in [5.74, 6) is -0.0289. The van der Waals surface area contributed by atoms with Crippen LogP contribution in [-0.2, 0) is 4.79 Å². The molecule has 2 heterocycles. The van der Waals surface area contributed by atoms with Crippen LogP contribution in [0, 0.1) is 0 Å². The molecule has 1 aliphatic heterocycles. The first-order chi connectivity index (χ1) is 15.6. The monoisotopic (exact) mass is 455 g/mol. The molecule has 0 saturated carbocycles. The molecular formula is C26H21N3OS2. The first-order valence-electron chi connectivity index (χ1n) is 10.5. The van der Waals surface area contributed by atoms with E-state index in [1.165, 1.54) is 17.1 Å². The standard InChI is InChI=1S/C26H21N3OS2/c1-2-14-28-25(30)23(32-26(28)31)16-21-17-29(22-10-4-3-5-11-22)27-24(21)20-13-12-18-8-6-7-9-19(18)15-20/h3-13,15-17H,2,14H2,1H3/b23-16-. The average molecular weight is 456 g/mol. The van der Waals surface area contributed by atoms with Gasteiger partial charge in [0.15, 0.2) is 0 Å². The molecule has 0 bridgehead atoms. The number of amides is 1. The third kappa shape index (κ3) is 3.87. The van der Waals surface area contributed by atoms with Gasteiger partial charge < -0.3 is 0 Å². The molecule has 0 unspecified atom stereocenters. The van der Waals surface area contributed by atoms with Crippen molar-refractivity contribution in [1.29, 1.82) is 0 Å². The fraction of sp³-hybridized carbons (Fsp3) is 0.115. The number of carbonyl (C=O) groups excluding carboxylic acids is 1. The summed E-state index contributed by atoms with van der Waals surface area (Å²) in [7, 11) is 0. The molecule has 1 fully saturated rings. The number of benzene rings is 3. The summed E-state index contributed by atoms with van der Waals surface area (Å²) >= 11 is 6.80. The highest BCUT2D eigenvalue weighted by Crippen LogP contribution is 2.35. The van der Waals surface area contributed by atoms with E-state index < -0.39 is 0 Å². The van der Waals surface area contributed by atoms with E-state index in [1.54, 1.807) is 4.90 Å². The van der Waals surface area contributed by atoms with Crippen LogP contribution in [0.2, 0.25) is 0 Å². The second-order valence-corrected chi connectivity index (χ2v) is 9.28. The Morgan fingerprint density at radius 2 is 1.75 bits per heavy atom. The highest BCUT2D eigenvalue weighted by molar-refractivity contribution is 8.26. The van der Waals surface area contributed by atoms with Crippen LogP contribution in [-0.4, -0.2) is 31.5 Å². The third-order valence-electron chi connectivity index (χ3n) is 5.39.